The summed E-state index contributed by atoms with van der Waals surface area (Å²) in [5.41, 5.74) is 20.6. The van der Waals surface area contributed by atoms with Gasteiger partial charge in [0.2, 0.25) is 0 Å². The molecule has 3 heteroatoms. The monoisotopic (exact) mass is 814 g/mol. The number of furan rings is 1. The van der Waals surface area contributed by atoms with Gasteiger partial charge in [-0.3, -0.25) is 0 Å². The first kappa shape index (κ1) is 35.2. The molecule has 10 aromatic carbocycles. The van der Waals surface area contributed by atoms with Crippen LogP contribution in [0.4, 0.5) is 17.1 Å². The summed E-state index contributed by atoms with van der Waals surface area (Å²) in [6, 6.07) is 84.4. The first-order valence-corrected chi connectivity index (χ1v) is 22.1. The Morgan fingerprint density at radius 1 is 0.375 bits per heavy atom. The highest BCUT2D eigenvalue weighted by atomic mass is 16.3. The maximum atomic E-state index is 7.04. The van der Waals surface area contributed by atoms with E-state index < -0.39 is 5.41 Å². The van der Waals surface area contributed by atoms with E-state index in [1.807, 2.05) is 0 Å². The van der Waals surface area contributed by atoms with Gasteiger partial charge in [0.1, 0.15) is 11.2 Å². The van der Waals surface area contributed by atoms with Gasteiger partial charge in [-0.1, -0.05) is 170 Å². The van der Waals surface area contributed by atoms with Crippen LogP contribution in [0.3, 0.4) is 0 Å². The summed E-state index contributed by atoms with van der Waals surface area (Å²) >= 11 is 0. The number of nitrogens with zero attached hydrogens (tertiary/aromatic N) is 2. The fourth-order valence-corrected chi connectivity index (χ4v) is 11.3. The van der Waals surface area contributed by atoms with Gasteiger partial charge in [0, 0.05) is 33.2 Å². The number of para-hydroxylation sites is 2. The van der Waals surface area contributed by atoms with Gasteiger partial charge in [-0.15, -0.1) is 0 Å². The van der Waals surface area contributed by atoms with Crippen molar-refractivity contribution in [3.05, 3.63) is 253 Å². The molecule has 0 N–H and O–H groups in total. The molecule has 2 aliphatic rings. The Morgan fingerprint density at radius 2 is 0.891 bits per heavy atom. The maximum absolute atomic E-state index is 7.04. The molecule has 64 heavy (non-hydrogen) atoms. The van der Waals surface area contributed by atoms with Crippen LogP contribution in [-0.2, 0) is 5.41 Å². The Kier molecular flexibility index (Phi) is 7.32. The van der Waals surface area contributed by atoms with Crippen LogP contribution in [0, 0.1) is 0 Å². The molecule has 0 bridgehead atoms. The molecule has 1 aliphatic carbocycles. The van der Waals surface area contributed by atoms with Crippen LogP contribution >= 0.6 is 0 Å². The number of aromatic nitrogens is 1. The highest BCUT2D eigenvalue weighted by Crippen LogP contribution is 2.62. The van der Waals surface area contributed by atoms with Crippen molar-refractivity contribution in [1.82, 2.24) is 4.57 Å². The summed E-state index contributed by atoms with van der Waals surface area (Å²) in [5, 5.41) is 4.54. The number of hydrogen-bond acceptors (Lipinski definition) is 2. The lowest BCUT2D eigenvalue weighted by molar-refractivity contribution is 0.672. The van der Waals surface area contributed by atoms with E-state index in [1.54, 1.807) is 0 Å². The second-order valence-corrected chi connectivity index (χ2v) is 17.2. The lowest BCUT2D eigenvalue weighted by Crippen LogP contribution is -2.33. The van der Waals surface area contributed by atoms with E-state index in [0.29, 0.717) is 0 Å². The third-order valence-electron chi connectivity index (χ3n) is 14.0. The van der Waals surface area contributed by atoms with Gasteiger partial charge in [-0.2, -0.15) is 0 Å². The minimum Gasteiger partial charge on any atom is -0.455 e. The first-order valence-electron chi connectivity index (χ1n) is 22.1. The van der Waals surface area contributed by atoms with Crippen molar-refractivity contribution < 1.29 is 4.42 Å². The van der Waals surface area contributed by atoms with Crippen molar-refractivity contribution >= 4 is 60.8 Å². The minimum absolute atomic E-state index is 0.547. The zero-order valence-corrected chi connectivity index (χ0v) is 34.7. The van der Waals surface area contributed by atoms with E-state index in [-0.39, 0.29) is 0 Å². The van der Waals surface area contributed by atoms with E-state index >= 15 is 0 Å². The average Bonchev–Trinajstić information content (AvgIpc) is 4.01. The Bertz CT molecular complexity index is 3690. The topological polar surface area (TPSA) is 21.3 Å². The molecule has 2 aromatic heterocycles. The highest BCUT2D eigenvalue weighted by Gasteiger charge is 2.51. The van der Waals surface area contributed by atoms with E-state index in [1.165, 1.54) is 66.8 Å². The summed E-state index contributed by atoms with van der Waals surface area (Å²) in [6.45, 7) is 0. The predicted molar refractivity (Wildman–Crippen MR) is 264 cm³/mol. The normalized spacial score (nSPS) is 13.1. The molecule has 0 radical (unpaired) electrons. The molecule has 1 spiro atoms. The molecule has 0 fully saturated rings. The van der Waals surface area contributed by atoms with Crippen LogP contribution in [0.5, 0.6) is 0 Å². The lowest BCUT2D eigenvalue weighted by Gasteiger charge is -2.39. The standard InChI is InChI=1S/C61H38N2O/c1-3-15-39(16-4-1)41-27-31-43(32-28-41)62(44-33-29-42(30-34-44)40-17-5-2-6-18-40)45-35-36-55-50(37-45)58-59-54(38-49-48-21-9-14-26-57(48)64-60(49)58)61(53-24-12-13-25-56(53)63(55)59)51-22-10-7-19-46(51)47-20-8-11-23-52(47)61/h1-38H. The quantitative estimate of drug-likeness (QED) is 0.173. The molecule has 3 nitrogen and oxygen atoms in total. The summed E-state index contributed by atoms with van der Waals surface area (Å²) in [6.07, 6.45) is 0. The van der Waals surface area contributed by atoms with Gasteiger partial charge < -0.3 is 13.9 Å². The van der Waals surface area contributed by atoms with Crippen LogP contribution in [0.1, 0.15) is 22.3 Å². The Hall–Kier alpha value is -8.40. The summed E-state index contributed by atoms with van der Waals surface area (Å²) in [4.78, 5) is 2.39. The second-order valence-electron chi connectivity index (χ2n) is 17.2. The highest BCUT2D eigenvalue weighted by molar-refractivity contribution is 6.26. The van der Waals surface area contributed by atoms with E-state index in [0.717, 1.165) is 55.3 Å². The Morgan fingerprint density at radius 3 is 1.53 bits per heavy atom. The van der Waals surface area contributed by atoms with Crippen LogP contribution in [-0.4, -0.2) is 4.57 Å². The molecule has 3 heterocycles. The lowest BCUT2D eigenvalue weighted by atomic mass is 9.65. The molecule has 0 saturated heterocycles. The fraction of sp³-hybridized carbons (Fsp3) is 0.0164. The van der Waals surface area contributed by atoms with Gasteiger partial charge in [-0.05, 0) is 116 Å². The minimum atomic E-state index is -0.547. The largest absolute Gasteiger partial charge is 0.455 e. The maximum Gasteiger partial charge on any atom is 0.145 e. The van der Waals surface area contributed by atoms with Gasteiger partial charge >= 0.3 is 0 Å². The SMILES string of the molecule is c1ccc(-c2ccc(N(c3ccc(-c4ccccc4)cc3)c3ccc4c(c3)c3c5oc6ccccc6c5cc5c3n4-c3ccccc3C53c4ccccc4-c4ccccc43)cc2)cc1. The fourth-order valence-electron chi connectivity index (χ4n) is 11.3. The van der Waals surface area contributed by atoms with Gasteiger partial charge in [0.25, 0.3) is 0 Å². The number of hydrogen-bond donors (Lipinski definition) is 0. The average molecular weight is 815 g/mol. The molecule has 0 atom stereocenters. The third-order valence-corrected chi connectivity index (χ3v) is 14.0. The van der Waals surface area contributed by atoms with Crippen molar-refractivity contribution in [2.24, 2.45) is 0 Å². The van der Waals surface area contributed by atoms with E-state index in [4.69, 9.17) is 4.42 Å². The number of benzene rings is 10. The molecular weight excluding hydrogens is 777 g/mol. The molecule has 0 saturated carbocycles. The van der Waals surface area contributed by atoms with Crippen molar-refractivity contribution in [3.63, 3.8) is 0 Å². The predicted octanol–water partition coefficient (Wildman–Crippen LogP) is 16.2. The smallest absolute Gasteiger partial charge is 0.145 e. The van der Waals surface area contributed by atoms with Gasteiger partial charge in [0.05, 0.1) is 27.5 Å². The van der Waals surface area contributed by atoms with Crippen molar-refractivity contribution in [1.29, 1.82) is 0 Å². The van der Waals surface area contributed by atoms with Crippen LogP contribution in [0.25, 0.3) is 82.8 Å². The summed E-state index contributed by atoms with van der Waals surface area (Å²) in [5.74, 6) is 0. The molecule has 12 aromatic rings. The molecule has 298 valence electrons. The van der Waals surface area contributed by atoms with Gasteiger partial charge in [-0.25, -0.2) is 0 Å². The Balaban J connectivity index is 1.08. The zero-order valence-electron chi connectivity index (χ0n) is 34.7. The van der Waals surface area contributed by atoms with E-state index in [2.05, 4.69) is 240 Å². The number of rotatable bonds is 5. The van der Waals surface area contributed by atoms with Crippen molar-refractivity contribution in [2.75, 3.05) is 4.90 Å². The molecule has 0 unspecified atom stereocenters. The molecule has 14 rings (SSSR count). The summed E-state index contributed by atoms with van der Waals surface area (Å²) in [7, 11) is 0. The van der Waals surface area contributed by atoms with Crippen LogP contribution < -0.4 is 4.90 Å². The second kappa shape index (κ2) is 13.3. The number of fused-ring (bicyclic) bond motifs is 16. The molecular formula is C61H38N2O. The molecule has 0 amide bonds. The van der Waals surface area contributed by atoms with E-state index in [9.17, 15) is 0 Å². The van der Waals surface area contributed by atoms with Crippen molar-refractivity contribution in [2.45, 2.75) is 5.41 Å². The van der Waals surface area contributed by atoms with Crippen LogP contribution in [0.15, 0.2) is 235 Å². The summed E-state index contributed by atoms with van der Waals surface area (Å²) < 4.78 is 9.56. The Labute approximate surface area is 370 Å². The zero-order chi connectivity index (χ0) is 41.9. The van der Waals surface area contributed by atoms with Crippen LogP contribution in [0.2, 0.25) is 0 Å². The van der Waals surface area contributed by atoms with Gasteiger partial charge in [0.15, 0.2) is 0 Å². The third kappa shape index (κ3) is 4.76. The number of anilines is 3. The molecule has 1 aliphatic heterocycles. The van der Waals surface area contributed by atoms with Crippen molar-refractivity contribution in [3.8, 4) is 39.1 Å². The first-order chi connectivity index (χ1) is 31.8.